The van der Waals surface area contributed by atoms with Gasteiger partial charge in [0, 0.05) is 13.7 Å². The molecule has 0 bridgehead atoms. The first kappa shape index (κ1) is 11.1. The van der Waals surface area contributed by atoms with Crippen LogP contribution in [0.3, 0.4) is 0 Å². The number of nitrogens with zero attached hydrogens (tertiary/aromatic N) is 1. The number of ether oxygens (including phenoxy) is 1. The lowest BCUT2D eigenvalue weighted by Gasteiger charge is -2.27. The zero-order valence-electron chi connectivity index (χ0n) is 7.72. The van der Waals surface area contributed by atoms with E-state index < -0.39 is 4.33 Å². The molecule has 1 atom stereocenters. The van der Waals surface area contributed by atoms with Gasteiger partial charge < -0.3 is 9.64 Å². The summed E-state index contributed by atoms with van der Waals surface area (Å²) in [5.41, 5.74) is 0. The van der Waals surface area contributed by atoms with Crippen molar-refractivity contribution in [2.24, 2.45) is 0 Å². The molecule has 13 heavy (non-hydrogen) atoms. The standard InChI is InChI=1S/C8H13Cl2NO2/c1-8(9,10)7(12)11(2)6-3-4-13-5-6/h6H,3-5H2,1-2H3. The molecule has 0 aromatic rings. The molecule has 0 radical (unpaired) electrons. The third-order valence-electron chi connectivity index (χ3n) is 2.15. The van der Waals surface area contributed by atoms with Gasteiger partial charge in [-0.05, 0) is 13.3 Å². The van der Waals surface area contributed by atoms with Gasteiger partial charge in [-0.3, -0.25) is 4.79 Å². The average Bonchev–Trinajstić information content (AvgIpc) is 2.51. The van der Waals surface area contributed by atoms with Crippen molar-refractivity contribution in [2.45, 2.75) is 23.7 Å². The molecular formula is C8H13Cl2NO2. The van der Waals surface area contributed by atoms with Gasteiger partial charge in [0.05, 0.1) is 12.6 Å². The second kappa shape index (κ2) is 4.03. The van der Waals surface area contributed by atoms with Crippen LogP contribution in [0.5, 0.6) is 0 Å². The molecule has 0 spiro atoms. The van der Waals surface area contributed by atoms with E-state index in [9.17, 15) is 4.79 Å². The number of hydrogen-bond donors (Lipinski definition) is 0. The SMILES string of the molecule is CN(C(=O)C(C)(Cl)Cl)C1CCOC1. The number of halogens is 2. The van der Waals surface area contributed by atoms with Crippen LogP contribution in [-0.4, -0.2) is 41.4 Å². The lowest BCUT2D eigenvalue weighted by molar-refractivity contribution is -0.132. The van der Waals surface area contributed by atoms with Gasteiger partial charge in [0.2, 0.25) is 0 Å². The Bertz CT molecular complexity index is 197. The van der Waals surface area contributed by atoms with Gasteiger partial charge in [-0.2, -0.15) is 0 Å². The van der Waals surface area contributed by atoms with Gasteiger partial charge in [0.15, 0.2) is 4.33 Å². The molecule has 1 aliphatic rings. The third kappa shape index (κ3) is 2.73. The highest BCUT2D eigenvalue weighted by molar-refractivity contribution is 6.57. The fourth-order valence-corrected chi connectivity index (χ4v) is 1.57. The molecule has 1 unspecified atom stereocenters. The fraction of sp³-hybridized carbons (Fsp3) is 0.875. The quantitative estimate of drug-likeness (QED) is 0.666. The van der Waals surface area contributed by atoms with E-state index in [1.54, 1.807) is 11.9 Å². The van der Waals surface area contributed by atoms with Gasteiger partial charge in [-0.1, -0.05) is 23.2 Å². The Balaban J connectivity index is 2.56. The molecule has 1 amide bonds. The summed E-state index contributed by atoms with van der Waals surface area (Å²) in [5, 5.41) is 0. The van der Waals surface area contributed by atoms with Crippen LogP contribution < -0.4 is 0 Å². The maximum Gasteiger partial charge on any atom is 0.258 e. The van der Waals surface area contributed by atoms with Gasteiger partial charge in [0.1, 0.15) is 0 Å². The highest BCUT2D eigenvalue weighted by atomic mass is 35.5. The molecule has 0 aromatic carbocycles. The highest BCUT2D eigenvalue weighted by Gasteiger charge is 2.34. The third-order valence-corrected chi connectivity index (χ3v) is 2.47. The van der Waals surface area contributed by atoms with Crippen LogP contribution in [0.25, 0.3) is 0 Å². The number of amides is 1. The van der Waals surface area contributed by atoms with E-state index in [1.165, 1.54) is 6.92 Å². The van der Waals surface area contributed by atoms with Crippen LogP contribution in [0.15, 0.2) is 0 Å². The Morgan fingerprint density at radius 3 is 2.62 bits per heavy atom. The maximum absolute atomic E-state index is 11.6. The van der Waals surface area contributed by atoms with Gasteiger partial charge in [0.25, 0.3) is 5.91 Å². The minimum Gasteiger partial charge on any atom is -0.379 e. The van der Waals surface area contributed by atoms with E-state index in [0.717, 1.165) is 6.42 Å². The first-order valence-corrected chi connectivity index (χ1v) is 4.91. The Morgan fingerprint density at radius 1 is 1.62 bits per heavy atom. The Morgan fingerprint density at radius 2 is 2.23 bits per heavy atom. The summed E-state index contributed by atoms with van der Waals surface area (Å²) in [6.45, 7) is 2.75. The zero-order chi connectivity index (χ0) is 10.1. The lowest BCUT2D eigenvalue weighted by Crippen LogP contribution is -2.44. The molecule has 1 rings (SSSR count). The topological polar surface area (TPSA) is 29.5 Å². The predicted molar refractivity (Wildman–Crippen MR) is 52.1 cm³/mol. The largest absolute Gasteiger partial charge is 0.379 e. The molecular weight excluding hydrogens is 213 g/mol. The van der Waals surface area contributed by atoms with Gasteiger partial charge in [-0.15, -0.1) is 0 Å². The minimum absolute atomic E-state index is 0.115. The van der Waals surface area contributed by atoms with Crippen LogP contribution in [0.2, 0.25) is 0 Å². The number of carbonyl (C=O) groups is 1. The average molecular weight is 226 g/mol. The summed E-state index contributed by atoms with van der Waals surface area (Å²) in [5.74, 6) is -0.272. The molecule has 1 fully saturated rings. The van der Waals surface area contributed by atoms with Gasteiger partial charge >= 0.3 is 0 Å². The monoisotopic (exact) mass is 225 g/mol. The first-order chi connectivity index (χ1) is 5.93. The summed E-state index contributed by atoms with van der Waals surface area (Å²) in [6.07, 6.45) is 0.853. The van der Waals surface area contributed by atoms with E-state index >= 15 is 0 Å². The Kier molecular flexibility index (Phi) is 3.44. The highest BCUT2D eigenvalue weighted by Crippen LogP contribution is 2.24. The van der Waals surface area contributed by atoms with Crippen LogP contribution in [0.4, 0.5) is 0 Å². The van der Waals surface area contributed by atoms with E-state index in [-0.39, 0.29) is 11.9 Å². The van der Waals surface area contributed by atoms with Crippen LogP contribution in [0, 0.1) is 0 Å². The maximum atomic E-state index is 11.6. The molecule has 1 saturated heterocycles. The summed E-state index contributed by atoms with van der Waals surface area (Å²) in [6, 6.07) is 0.115. The summed E-state index contributed by atoms with van der Waals surface area (Å²) < 4.78 is 3.83. The van der Waals surface area contributed by atoms with E-state index in [1.807, 2.05) is 0 Å². The van der Waals surface area contributed by atoms with Crippen molar-refractivity contribution >= 4 is 29.1 Å². The minimum atomic E-state index is -1.34. The molecule has 3 nitrogen and oxygen atoms in total. The van der Waals surface area contributed by atoms with E-state index in [0.29, 0.717) is 13.2 Å². The van der Waals surface area contributed by atoms with E-state index in [4.69, 9.17) is 27.9 Å². The number of alkyl halides is 2. The van der Waals surface area contributed by atoms with Crippen molar-refractivity contribution in [2.75, 3.05) is 20.3 Å². The summed E-state index contributed by atoms with van der Waals surface area (Å²) >= 11 is 11.4. The smallest absolute Gasteiger partial charge is 0.258 e. The summed E-state index contributed by atoms with van der Waals surface area (Å²) in [4.78, 5) is 13.1. The second-order valence-electron chi connectivity index (χ2n) is 3.32. The zero-order valence-corrected chi connectivity index (χ0v) is 9.23. The molecule has 0 aromatic heterocycles. The number of rotatable bonds is 2. The first-order valence-electron chi connectivity index (χ1n) is 4.15. The van der Waals surface area contributed by atoms with Crippen molar-refractivity contribution in [3.63, 3.8) is 0 Å². The number of likely N-dealkylation sites (N-methyl/N-ethyl adjacent to an activating group) is 1. The molecule has 5 heteroatoms. The lowest BCUT2D eigenvalue weighted by atomic mass is 10.2. The normalized spacial score (nSPS) is 23.2. The fourth-order valence-electron chi connectivity index (χ4n) is 1.30. The van der Waals surface area contributed by atoms with Crippen molar-refractivity contribution < 1.29 is 9.53 Å². The van der Waals surface area contributed by atoms with Crippen molar-refractivity contribution in [3.8, 4) is 0 Å². The second-order valence-corrected chi connectivity index (χ2v) is 5.03. The molecule has 0 saturated carbocycles. The molecule has 76 valence electrons. The molecule has 0 N–H and O–H groups in total. The Labute approximate surface area is 87.9 Å². The molecule has 0 aliphatic carbocycles. The van der Waals surface area contributed by atoms with Crippen molar-refractivity contribution in [3.05, 3.63) is 0 Å². The number of carbonyl (C=O) groups excluding carboxylic acids is 1. The predicted octanol–water partition coefficient (Wildman–Crippen LogP) is 1.43. The summed E-state index contributed by atoms with van der Waals surface area (Å²) in [7, 11) is 1.70. The van der Waals surface area contributed by atoms with Crippen LogP contribution >= 0.6 is 23.2 Å². The van der Waals surface area contributed by atoms with Crippen LogP contribution in [-0.2, 0) is 9.53 Å². The Hall–Kier alpha value is 0.01000. The van der Waals surface area contributed by atoms with Crippen LogP contribution in [0.1, 0.15) is 13.3 Å². The van der Waals surface area contributed by atoms with Gasteiger partial charge in [-0.25, -0.2) is 0 Å². The van der Waals surface area contributed by atoms with Crippen molar-refractivity contribution in [1.82, 2.24) is 4.90 Å². The van der Waals surface area contributed by atoms with Crippen molar-refractivity contribution in [1.29, 1.82) is 0 Å². The molecule has 1 aliphatic heterocycles. The molecule has 1 heterocycles. The number of hydrogen-bond acceptors (Lipinski definition) is 2. The van der Waals surface area contributed by atoms with E-state index in [2.05, 4.69) is 0 Å².